The minimum atomic E-state index is -0.563. The number of aliphatic hydroxyl groups excluding tert-OH is 1. The lowest BCUT2D eigenvalue weighted by molar-refractivity contribution is 0.167. The van der Waals surface area contributed by atoms with Crippen molar-refractivity contribution in [3.8, 4) is 0 Å². The fraction of sp³-hybridized carbons (Fsp3) is 0.462. The molecule has 1 aromatic carbocycles. The molecule has 1 aliphatic carbocycles. The first kappa shape index (κ1) is 14.3. The molecule has 0 unspecified atom stereocenters. The number of aliphatic hydroxyl groups is 1. The largest absolute Gasteiger partial charge is 0.394 e. The van der Waals surface area contributed by atoms with Gasteiger partial charge in [-0.2, -0.15) is 0 Å². The van der Waals surface area contributed by atoms with Crippen LogP contribution in [0.4, 0.5) is 14.9 Å². The summed E-state index contributed by atoms with van der Waals surface area (Å²) in [5, 5.41) is 14.6. The zero-order valence-electron chi connectivity index (χ0n) is 10.4. The minimum Gasteiger partial charge on any atom is -0.394 e. The summed E-state index contributed by atoms with van der Waals surface area (Å²) < 4.78 is 14.2. The molecule has 2 amide bonds. The van der Waals surface area contributed by atoms with Crippen molar-refractivity contribution >= 4 is 27.6 Å². The van der Waals surface area contributed by atoms with Crippen molar-refractivity contribution in [2.75, 3.05) is 11.9 Å². The predicted molar refractivity (Wildman–Crippen MR) is 74.5 cm³/mol. The van der Waals surface area contributed by atoms with Crippen LogP contribution in [0.25, 0.3) is 0 Å². The van der Waals surface area contributed by atoms with Gasteiger partial charge in [-0.3, -0.25) is 0 Å². The molecule has 3 N–H and O–H groups in total. The molecule has 6 heteroatoms. The second-order valence-corrected chi connectivity index (χ2v) is 5.76. The number of amides is 2. The molecule has 1 aromatic rings. The molecule has 0 atom stereocenters. The summed E-state index contributed by atoms with van der Waals surface area (Å²) in [4.78, 5) is 11.9. The monoisotopic (exact) mass is 330 g/mol. The third-order valence-electron chi connectivity index (χ3n) is 3.42. The Morgan fingerprint density at radius 3 is 2.74 bits per heavy atom. The van der Waals surface area contributed by atoms with Gasteiger partial charge >= 0.3 is 6.03 Å². The van der Waals surface area contributed by atoms with Gasteiger partial charge in [-0.15, -0.1) is 0 Å². The molecule has 0 heterocycles. The first-order valence-corrected chi connectivity index (χ1v) is 6.99. The summed E-state index contributed by atoms with van der Waals surface area (Å²) in [6, 6.07) is 3.84. The highest BCUT2D eigenvalue weighted by molar-refractivity contribution is 9.10. The van der Waals surface area contributed by atoms with Crippen LogP contribution in [0.5, 0.6) is 0 Å². The quantitative estimate of drug-likeness (QED) is 0.797. The van der Waals surface area contributed by atoms with Gasteiger partial charge in [0.25, 0.3) is 0 Å². The number of anilines is 1. The molecule has 1 aliphatic rings. The standard InChI is InChI=1S/C13H16BrFN2O2/c14-9-3-4-10(15)11(7-9)16-12(19)17-13(8-18)5-1-2-6-13/h3-4,7,18H,1-2,5-6,8H2,(H2,16,17,19). The van der Waals surface area contributed by atoms with E-state index >= 15 is 0 Å². The summed E-state index contributed by atoms with van der Waals surface area (Å²) in [7, 11) is 0. The molecule has 2 rings (SSSR count). The number of hydrogen-bond donors (Lipinski definition) is 3. The van der Waals surface area contributed by atoms with E-state index in [0.29, 0.717) is 4.47 Å². The van der Waals surface area contributed by atoms with E-state index in [1.165, 1.54) is 12.1 Å². The molecule has 0 spiro atoms. The lowest BCUT2D eigenvalue weighted by atomic mass is 9.99. The van der Waals surface area contributed by atoms with Crippen molar-refractivity contribution in [1.82, 2.24) is 5.32 Å². The molecule has 0 bridgehead atoms. The number of benzene rings is 1. The number of rotatable bonds is 3. The molecule has 0 aromatic heterocycles. The molecular weight excluding hydrogens is 315 g/mol. The third kappa shape index (κ3) is 3.45. The van der Waals surface area contributed by atoms with Crippen LogP contribution in [0.2, 0.25) is 0 Å². The molecule has 0 radical (unpaired) electrons. The van der Waals surface area contributed by atoms with E-state index in [4.69, 9.17) is 0 Å². The molecule has 19 heavy (non-hydrogen) atoms. The average molecular weight is 331 g/mol. The Balaban J connectivity index is 2.03. The number of carbonyl (C=O) groups is 1. The van der Waals surface area contributed by atoms with Gasteiger partial charge in [-0.25, -0.2) is 9.18 Å². The number of urea groups is 1. The van der Waals surface area contributed by atoms with Crippen molar-refractivity contribution in [3.63, 3.8) is 0 Å². The zero-order chi connectivity index (χ0) is 13.9. The van der Waals surface area contributed by atoms with E-state index in [1.807, 2.05) is 0 Å². The maximum Gasteiger partial charge on any atom is 0.319 e. The SMILES string of the molecule is O=C(Nc1cc(Br)ccc1F)NC1(CO)CCCC1. The molecule has 4 nitrogen and oxygen atoms in total. The molecule has 0 saturated heterocycles. The Hall–Kier alpha value is -1.14. The van der Waals surface area contributed by atoms with Crippen molar-refractivity contribution in [2.24, 2.45) is 0 Å². The van der Waals surface area contributed by atoms with E-state index in [0.717, 1.165) is 25.7 Å². The van der Waals surface area contributed by atoms with Crippen molar-refractivity contribution in [1.29, 1.82) is 0 Å². The number of halogens is 2. The van der Waals surface area contributed by atoms with Crippen molar-refractivity contribution in [2.45, 2.75) is 31.2 Å². The van der Waals surface area contributed by atoms with Gasteiger partial charge in [0.2, 0.25) is 0 Å². The zero-order valence-corrected chi connectivity index (χ0v) is 12.0. The van der Waals surface area contributed by atoms with E-state index in [1.54, 1.807) is 6.07 Å². The van der Waals surface area contributed by atoms with Gasteiger partial charge in [0, 0.05) is 4.47 Å². The summed E-state index contributed by atoms with van der Waals surface area (Å²) in [5.74, 6) is -0.497. The van der Waals surface area contributed by atoms with Crippen LogP contribution in [0, 0.1) is 5.82 Å². The van der Waals surface area contributed by atoms with Gasteiger partial charge in [0.05, 0.1) is 17.8 Å². The summed E-state index contributed by atoms with van der Waals surface area (Å²) in [6.45, 7) is -0.0958. The van der Waals surface area contributed by atoms with Gasteiger partial charge < -0.3 is 15.7 Å². The fourth-order valence-corrected chi connectivity index (χ4v) is 2.72. The second kappa shape index (κ2) is 5.88. The van der Waals surface area contributed by atoms with Gasteiger partial charge in [0.1, 0.15) is 5.82 Å². The highest BCUT2D eigenvalue weighted by Gasteiger charge is 2.34. The average Bonchev–Trinajstić information content (AvgIpc) is 2.83. The molecule has 0 aliphatic heterocycles. The first-order chi connectivity index (χ1) is 9.04. The van der Waals surface area contributed by atoms with Gasteiger partial charge in [-0.05, 0) is 31.0 Å². The molecule has 1 fully saturated rings. The Kier molecular flexibility index (Phi) is 4.42. The summed E-state index contributed by atoms with van der Waals surface area (Å²) >= 11 is 3.22. The summed E-state index contributed by atoms with van der Waals surface area (Å²) in [5.41, 5.74) is -0.454. The third-order valence-corrected chi connectivity index (χ3v) is 3.91. The van der Waals surface area contributed by atoms with E-state index in [-0.39, 0.29) is 12.3 Å². The van der Waals surface area contributed by atoms with Crippen LogP contribution in [0.15, 0.2) is 22.7 Å². The first-order valence-electron chi connectivity index (χ1n) is 6.20. The number of carbonyl (C=O) groups excluding carboxylic acids is 1. The van der Waals surface area contributed by atoms with Gasteiger partial charge in [-0.1, -0.05) is 28.8 Å². The Morgan fingerprint density at radius 2 is 2.11 bits per heavy atom. The van der Waals surface area contributed by atoms with Crippen LogP contribution < -0.4 is 10.6 Å². The lowest BCUT2D eigenvalue weighted by Gasteiger charge is -2.28. The van der Waals surface area contributed by atoms with Crippen LogP contribution in [0.3, 0.4) is 0 Å². The maximum absolute atomic E-state index is 13.5. The Labute approximate surface area is 119 Å². The predicted octanol–water partition coefficient (Wildman–Crippen LogP) is 3.01. The Morgan fingerprint density at radius 1 is 1.42 bits per heavy atom. The minimum absolute atomic E-state index is 0.0958. The highest BCUT2D eigenvalue weighted by Crippen LogP contribution is 2.29. The maximum atomic E-state index is 13.5. The number of nitrogens with one attached hydrogen (secondary N) is 2. The van der Waals surface area contributed by atoms with Crippen LogP contribution >= 0.6 is 15.9 Å². The molecule has 1 saturated carbocycles. The van der Waals surface area contributed by atoms with Crippen molar-refractivity contribution < 1.29 is 14.3 Å². The van der Waals surface area contributed by atoms with E-state index in [9.17, 15) is 14.3 Å². The topological polar surface area (TPSA) is 61.4 Å². The Bertz CT molecular complexity index is 476. The fourth-order valence-electron chi connectivity index (χ4n) is 2.36. The lowest BCUT2D eigenvalue weighted by Crippen LogP contribution is -2.50. The van der Waals surface area contributed by atoms with Crippen molar-refractivity contribution in [3.05, 3.63) is 28.5 Å². The smallest absolute Gasteiger partial charge is 0.319 e. The molecule has 104 valence electrons. The highest BCUT2D eigenvalue weighted by atomic mass is 79.9. The van der Waals surface area contributed by atoms with E-state index < -0.39 is 17.4 Å². The number of hydrogen-bond acceptors (Lipinski definition) is 2. The second-order valence-electron chi connectivity index (χ2n) is 4.85. The van der Waals surface area contributed by atoms with Gasteiger partial charge in [0.15, 0.2) is 0 Å². The van der Waals surface area contributed by atoms with Crippen LogP contribution in [0.1, 0.15) is 25.7 Å². The molecular formula is C13H16BrFN2O2. The van der Waals surface area contributed by atoms with Crippen LogP contribution in [-0.2, 0) is 0 Å². The van der Waals surface area contributed by atoms with Crippen LogP contribution in [-0.4, -0.2) is 23.3 Å². The normalized spacial score (nSPS) is 17.2. The summed E-state index contributed by atoms with van der Waals surface area (Å²) in [6.07, 6.45) is 3.45. The van der Waals surface area contributed by atoms with E-state index in [2.05, 4.69) is 26.6 Å².